The topological polar surface area (TPSA) is 12.0 Å². The van der Waals surface area contributed by atoms with Gasteiger partial charge < -0.3 is 5.32 Å². The average molecular weight is 223 g/mol. The third-order valence-electron chi connectivity index (χ3n) is 5.85. The molecule has 94 valence electrons. The summed E-state index contributed by atoms with van der Waals surface area (Å²) < 4.78 is 0. The van der Waals surface area contributed by atoms with Crippen LogP contribution in [0.3, 0.4) is 0 Å². The maximum absolute atomic E-state index is 3.63. The van der Waals surface area contributed by atoms with Gasteiger partial charge in [0.15, 0.2) is 0 Å². The van der Waals surface area contributed by atoms with Gasteiger partial charge in [-0.1, -0.05) is 27.7 Å². The minimum Gasteiger partial charge on any atom is -0.314 e. The Morgan fingerprint density at radius 1 is 0.875 bits per heavy atom. The van der Waals surface area contributed by atoms with Gasteiger partial charge >= 0.3 is 0 Å². The SMILES string of the molecule is CC1C(C)C(C)C(CCC2CCCN2)C1C. The molecule has 2 aliphatic rings. The molecule has 0 spiro atoms. The van der Waals surface area contributed by atoms with E-state index in [9.17, 15) is 0 Å². The van der Waals surface area contributed by atoms with Gasteiger partial charge in [-0.15, -0.1) is 0 Å². The van der Waals surface area contributed by atoms with Crippen LogP contribution in [-0.4, -0.2) is 12.6 Å². The minimum absolute atomic E-state index is 0.839. The van der Waals surface area contributed by atoms with Crippen molar-refractivity contribution >= 4 is 0 Å². The molecule has 1 N–H and O–H groups in total. The zero-order valence-corrected chi connectivity index (χ0v) is 11.5. The van der Waals surface area contributed by atoms with Crippen molar-refractivity contribution < 1.29 is 0 Å². The van der Waals surface area contributed by atoms with E-state index >= 15 is 0 Å². The molecular weight excluding hydrogens is 194 g/mol. The highest BCUT2D eigenvalue weighted by atomic mass is 14.9. The Morgan fingerprint density at radius 2 is 1.50 bits per heavy atom. The van der Waals surface area contributed by atoms with Gasteiger partial charge in [0, 0.05) is 6.04 Å². The van der Waals surface area contributed by atoms with Crippen LogP contribution >= 0.6 is 0 Å². The molecule has 1 nitrogen and oxygen atoms in total. The van der Waals surface area contributed by atoms with Gasteiger partial charge in [0.05, 0.1) is 0 Å². The number of nitrogens with one attached hydrogen (secondary N) is 1. The Balaban J connectivity index is 1.84. The van der Waals surface area contributed by atoms with Crippen LogP contribution < -0.4 is 5.32 Å². The molecule has 0 amide bonds. The van der Waals surface area contributed by atoms with Crippen molar-refractivity contribution in [3.8, 4) is 0 Å². The van der Waals surface area contributed by atoms with Gasteiger partial charge in [-0.3, -0.25) is 0 Å². The van der Waals surface area contributed by atoms with E-state index in [2.05, 4.69) is 33.0 Å². The minimum atomic E-state index is 0.839. The molecule has 16 heavy (non-hydrogen) atoms. The molecule has 1 heteroatoms. The second kappa shape index (κ2) is 5.08. The van der Waals surface area contributed by atoms with Crippen LogP contribution in [0.25, 0.3) is 0 Å². The Morgan fingerprint density at radius 3 is 2.00 bits per heavy atom. The third kappa shape index (κ3) is 2.30. The second-order valence-electron chi connectivity index (χ2n) is 6.47. The van der Waals surface area contributed by atoms with E-state index in [-0.39, 0.29) is 0 Å². The molecule has 1 saturated carbocycles. The summed E-state index contributed by atoms with van der Waals surface area (Å²) in [6.07, 6.45) is 5.68. The number of hydrogen-bond acceptors (Lipinski definition) is 1. The van der Waals surface area contributed by atoms with Crippen molar-refractivity contribution in [2.45, 2.75) is 59.4 Å². The molecule has 1 saturated heterocycles. The molecule has 0 aromatic rings. The molecule has 2 rings (SSSR count). The predicted octanol–water partition coefficient (Wildman–Crippen LogP) is 3.69. The van der Waals surface area contributed by atoms with Crippen LogP contribution in [-0.2, 0) is 0 Å². The van der Waals surface area contributed by atoms with Crippen molar-refractivity contribution in [3.63, 3.8) is 0 Å². The standard InChI is InChI=1S/C15H29N/c1-10-11(2)13(4)15(12(10)3)8-7-14-6-5-9-16-14/h10-16H,5-9H2,1-4H3. The highest BCUT2D eigenvalue weighted by Gasteiger charge is 2.40. The van der Waals surface area contributed by atoms with Gasteiger partial charge in [-0.2, -0.15) is 0 Å². The summed E-state index contributed by atoms with van der Waals surface area (Å²) in [5, 5.41) is 3.63. The van der Waals surface area contributed by atoms with E-state index in [0.29, 0.717) is 0 Å². The molecule has 0 radical (unpaired) electrons. The van der Waals surface area contributed by atoms with E-state index in [0.717, 1.165) is 35.6 Å². The summed E-state index contributed by atoms with van der Waals surface area (Å²) in [7, 11) is 0. The summed E-state index contributed by atoms with van der Waals surface area (Å²) >= 11 is 0. The Kier molecular flexibility index (Phi) is 3.94. The summed E-state index contributed by atoms with van der Waals surface area (Å²) in [6, 6.07) is 0.839. The third-order valence-corrected chi connectivity index (χ3v) is 5.85. The number of hydrogen-bond donors (Lipinski definition) is 1. The fraction of sp³-hybridized carbons (Fsp3) is 1.00. The first-order valence-electron chi connectivity index (χ1n) is 7.34. The molecular formula is C15H29N. The lowest BCUT2D eigenvalue weighted by atomic mass is 9.84. The molecule has 5 unspecified atom stereocenters. The van der Waals surface area contributed by atoms with Crippen molar-refractivity contribution in [2.24, 2.45) is 29.6 Å². The Labute approximate surface area is 101 Å². The first kappa shape index (κ1) is 12.4. The molecule has 2 fully saturated rings. The second-order valence-corrected chi connectivity index (χ2v) is 6.47. The first-order valence-corrected chi connectivity index (χ1v) is 7.34. The Bertz CT molecular complexity index is 205. The van der Waals surface area contributed by atoms with Crippen molar-refractivity contribution in [1.82, 2.24) is 5.32 Å². The lowest BCUT2D eigenvalue weighted by molar-refractivity contribution is 0.282. The van der Waals surface area contributed by atoms with Gasteiger partial charge in [0.1, 0.15) is 0 Å². The van der Waals surface area contributed by atoms with Crippen molar-refractivity contribution in [2.75, 3.05) is 6.54 Å². The highest BCUT2D eigenvalue weighted by Crippen LogP contribution is 2.47. The molecule has 1 heterocycles. The lowest BCUT2D eigenvalue weighted by Crippen LogP contribution is -2.23. The average Bonchev–Trinajstić information content (AvgIpc) is 2.84. The van der Waals surface area contributed by atoms with Crippen molar-refractivity contribution in [3.05, 3.63) is 0 Å². The maximum atomic E-state index is 3.63. The van der Waals surface area contributed by atoms with Crippen LogP contribution in [0.1, 0.15) is 53.4 Å². The van der Waals surface area contributed by atoms with E-state index < -0.39 is 0 Å². The summed E-state index contributed by atoms with van der Waals surface area (Å²) in [5.74, 6) is 4.71. The van der Waals surface area contributed by atoms with Crippen molar-refractivity contribution in [1.29, 1.82) is 0 Å². The zero-order valence-electron chi connectivity index (χ0n) is 11.5. The van der Waals surface area contributed by atoms with Crippen LogP contribution in [0, 0.1) is 29.6 Å². The van der Waals surface area contributed by atoms with Gasteiger partial charge in [-0.05, 0) is 61.8 Å². The monoisotopic (exact) mass is 223 g/mol. The normalized spacial score (nSPS) is 48.8. The molecule has 1 aliphatic carbocycles. The van der Waals surface area contributed by atoms with E-state index in [4.69, 9.17) is 0 Å². The van der Waals surface area contributed by atoms with E-state index in [1.807, 2.05) is 0 Å². The van der Waals surface area contributed by atoms with Gasteiger partial charge in [-0.25, -0.2) is 0 Å². The van der Waals surface area contributed by atoms with Crippen LogP contribution in [0.15, 0.2) is 0 Å². The fourth-order valence-corrected chi connectivity index (χ4v) is 4.14. The maximum Gasteiger partial charge on any atom is 0.00676 e. The van der Waals surface area contributed by atoms with Crippen LogP contribution in [0.4, 0.5) is 0 Å². The summed E-state index contributed by atoms with van der Waals surface area (Å²) in [4.78, 5) is 0. The largest absolute Gasteiger partial charge is 0.314 e. The van der Waals surface area contributed by atoms with E-state index in [1.54, 1.807) is 0 Å². The Hall–Kier alpha value is -0.0400. The number of rotatable bonds is 3. The predicted molar refractivity (Wildman–Crippen MR) is 70.4 cm³/mol. The quantitative estimate of drug-likeness (QED) is 0.769. The van der Waals surface area contributed by atoms with Gasteiger partial charge in [0.2, 0.25) is 0 Å². The van der Waals surface area contributed by atoms with Crippen LogP contribution in [0.5, 0.6) is 0 Å². The molecule has 1 aliphatic heterocycles. The summed E-state index contributed by atoms with van der Waals surface area (Å²) in [5.41, 5.74) is 0. The van der Waals surface area contributed by atoms with Gasteiger partial charge in [0.25, 0.3) is 0 Å². The lowest BCUT2D eigenvalue weighted by Gasteiger charge is -2.23. The van der Waals surface area contributed by atoms with Crippen LogP contribution in [0.2, 0.25) is 0 Å². The molecule has 0 bridgehead atoms. The molecule has 0 aromatic carbocycles. The zero-order chi connectivity index (χ0) is 11.7. The first-order chi connectivity index (χ1) is 7.61. The fourth-order valence-electron chi connectivity index (χ4n) is 4.14. The van der Waals surface area contributed by atoms with E-state index in [1.165, 1.54) is 32.2 Å². The molecule has 0 aromatic heterocycles. The molecule has 5 atom stereocenters. The highest BCUT2D eigenvalue weighted by molar-refractivity contribution is 4.90. The summed E-state index contributed by atoms with van der Waals surface area (Å²) in [6.45, 7) is 11.1. The smallest absolute Gasteiger partial charge is 0.00676 e.